The number of nitrogens with zero attached hydrogens (tertiary/aromatic N) is 3. The first-order valence-electron chi connectivity index (χ1n) is 4.23. The number of hydrogen-bond donors (Lipinski definition) is 1. The van der Waals surface area contributed by atoms with Crippen molar-refractivity contribution in [3.05, 3.63) is 18.0 Å². The molecule has 6 heteroatoms. The number of carboxylic acid groups (broad SMARTS) is 1. The minimum Gasteiger partial charge on any atom is -0.494 e. The van der Waals surface area contributed by atoms with Crippen LogP contribution in [-0.2, 0) is 7.05 Å². The first-order chi connectivity index (χ1) is 7.15. The molecule has 1 N–H and O–H groups in total. The molecule has 0 radical (unpaired) electrons. The maximum Gasteiger partial charge on any atom is 0.352 e. The fourth-order valence-corrected chi connectivity index (χ4v) is 1.47. The fraction of sp³-hybridized carbons (Fsp3) is 0.222. The van der Waals surface area contributed by atoms with Gasteiger partial charge in [-0.2, -0.15) is 5.10 Å². The van der Waals surface area contributed by atoms with E-state index in [1.54, 1.807) is 7.05 Å². The Morgan fingerprint density at radius 3 is 2.93 bits per heavy atom. The van der Waals surface area contributed by atoms with Gasteiger partial charge < -0.3 is 14.4 Å². The van der Waals surface area contributed by atoms with Crippen LogP contribution >= 0.6 is 0 Å². The minimum absolute atomic E-state index is 0.156. The molecule has 15 heavy (non-hydrogen) atoms. The molecule has 0 saturated carbocycles. The summed E-state index contributed by atoms with van der Waals surface area (Å²) >= 11 is 0. The Hall–Kier alpha value is -2.11. The molecule has 0 fully saturated rings. The first-order valence-corrected chi connectivity index (χ1v) is 4.23. The van der Waals surface area contributed by atoms with Crippen molar-refractivity contribution in [3.8, 4) is 5.75 Å². The largest absolute Gasteiger partial charge is 0.494 e. The molecule has 0 aromatic carbocycles. The van der Waals surface area contributed by atoms with Crippen LogP contribution in [0, 0.1) is 0 Å². The van der Waals surface area contributed by atoms with Crippen molar-refractivity contribution in [1.82, 2.24) is 14.8 Å². The van der Waals surface area contributed by atoms with E-state index in [1.807, 2.05) is 0 Å². The van der Waals surface area contributed by atoms with Gasteiger partial charge in [-0.15, -0.1) is 5.10 Å². The van der Waals surface area contributed by atoms with Crippen molar-refractivity contribution in [2.45, 2.75) is 0 Å². The SMILES string of the molecule is COc1cnnc2c1cc(C(=O)O)n2C. The van der Waals surface area contributed by atoms with Crippen molar-refractivity contribution < 1.29 is 14.6 Å². The zero-order chi connectivity index (χ0) is 11.0. The van der Waals surface area contributed by atoms with Crippen LogP contribution in [-0.4, -0.2) is 33.0 Å². The summed E-state index contributed by atoms with van der Waals surface area (Å²) < 4.78 is 6.53. The zero-order valence-electron chi connectivity index (χ0n) is 8.26. The van der Waals surface area contributed by atoms with E-state index in [0.717, 1.165) is 0 Å². The van der Waals surface area contributed by atoms with Gasteiger partial charge in [0.1, 0.15) is 11.4 Å². The Morgan fingerprint density at radius 1 is 1.60 bits per heavy atom. The Bertz CT molecular complexity index is 533. The van der Waals surface area contributed by atoms with Crippen LogP contribution in [0.4, 0.5) is 0 Å². The number of ether oxygens (including phenoxy) is 1. The van der Waals surface area contributed by atoms with Crippen LogP contribution in [0.15, 0.2) is 12.3 Å². The molecule has 2 heterocycles. The lowest BCUT2D eigenvalue weighted by atomic mass is 10.3. The molecule has 0 bridgehead atoms. The van der Waals surface area contributed by atoms with Crippen LogP contribution in [0.25, 0.3) is 11.0 Å². The van der Waals surface area contributed by atoms with Crippen molar-refractivity contribution in [2.24, 2.45) is 7.05 Å². The van der Waals surface area contributed by atoms with E-state index >= 15 is 0 Å². The van der Waals surface area contributed by atoms with E-state index in [0.29, 0.717) is 16.8 Å². The highest BCUT2D eigenvalue weighted by Gasteiger charge is 2.15. The van der Waals surface area contributed by atoms with Gasteiger partial charge in [0.25, 0.3) is 0 Å². The van der Waals surface area contributed by atoms with Gasteiger partial charge in [0.15, 0.2) is 5.65 Å². The van der Waals surface area contributed by atoms with Gasteiger partial charge >= 0.3 is 5.97 Å². The summed E-state index contributed by atoms with van der Waals surface area (Å²) in [6, 6.07) is 1.52. The molecule has 0 spiro atoms. The number of aryl methyl sites for hydroxylation is 1. The molecule has 0 unspecified atom stereocenters. The molecule has 0 aliphatic heterocycles. The molecule has 6 nitrogen and oxygen atoms in total. The van der Waals surface area contributed by atoms with Crippen LogP contribution in [0.5, 0.6) is 5.75 Å². The second kappa shape index (κ2) is 3.23. The van der Waals surface area contributed by atoms with Crippen molar-refractivity contribution in [3.63, 3.8) is 0 Å². The minimum atomic E-state index is -1.00. The summed E-state index contributed by atoms with van der Waals surface area (Å²) in [5, 5.41) is 17.2. The van der Waals surface area contributed by atoms with E-state index in [2.05, 4.69) is 10.2 Å². The lowest BCUT2D eigenvalue weighted by molar-refractivity contribution is 0.0687. The van der Waals surface area contributed by atoms with Gasteiger partial charge in [-0.3, -0.25) is 0 Å². The Labute approximate surface area is 85.1 Å². The van der Waals surface area contributed by atoms with E-state index in [1.165, 1.54) is 23.9 Å². The second-order valence-corrected chi connectivity index (χ2v) is 3.04. The monoisotopic (exact) mass is 207 g/mol. The van der Waals surface area contributed by atoms with Crippen LogP contribution < -0.4 is 4.74 Å². The molecule has 0 amide bonds. The number of aromatic carboxylic acids is 1. The van der Waals surface area contributed by atoms with E-state index < -0.39 is 5.97 Å². The van der Waals surface area contributed by atoms with Gasteiger partial charge in [-0.1, -0.05) is 0 Å². The van der Waals surface area contributed by atoms with Crippen molar-refractivity contribution in [2.75, 3.05) is 7.11 Å². The van der Waals surface area contributed by atoms with Gasteiger partial charge in [-0.25, -0.2) is 4.79 Å². The topological polar surface area (TPSA) is 77.2 Å². The molecule has 2 rings (SSSR count). The predicted molar refractivity (Wildman–Crippen MR) is 52.0 cm³/mol. The summed E-state index contributed by atoms with van der Waals surface area (Å²) in [5.74, 6) is -0.486. The fourth-order valence-electron chi connectivity index (χ4n) is 1.47. The highest BCUT2D eigenvalue weighted by Crippen LogP contribution is 2.25. The second-order valence-electron chi connectivity index (χ2n) is 3.04. The summed E-state index contributed by atoms with van der Waals surface area (Å²) in [6.07, 6.45) is 1.45. The number of methoxy groups -OCH3 is 1. The predicted octanol–water partition coefficient (Wildman–Crippen LogP) is 0.675. The van der Waals surface area contributed by atoms with Crippen LogP contribution in [0.3, 0.4) is 0 Å². The van der Waals surface area contributed by atoms with E-state index in [4.69, 9.17) is 9.84 Å². The number of carbonyl (C=O) groups is 1. The van der Waals surface area contributed by atoms with Crippen LogP contribution in [0.1, 0.15) is 10.5 Å². The summed E-state index contributed by atoms with van der Waals surface area (Å²) in [4.78, 5) is 10.9. The molecule has 2 aromatic rings. The molecule has 0 atom stereocenters. The standard InChI is InChI=1S/C9H9N3O3/c1-12-6(9(13)14)3-5-7(15-2)4-10-11-8(5)12/h3-4H,1-2H3,(H,13,14). The molecule has 0 aliphatic carbocycles. The molecule has 2 aromatic heterocycles. The Kier molecular flexibility index (Phi) is 2.03. The summed E-state index contributed by atoms with van der Waals surface area (Å²) in [6.45, 7) is 0. The molecular weight excluding hydrogens is 198 g/mol. The average Bonchev–Trinajstić information content (AvgIpc) is 2.56. The average molecular weight is 207 g/mol. The molecular formula is C9H9N3O3. The number of fused-ring (bicyclic) bond motifs is 1. The van der Waals surface area contributed by atoms with Crippen molar-refractivity contribution in [1.29, 1.82) is 0 Å². The quantitative estimate of drug-likeness (QED) is 0.783. The van der Waals surface area contributed by atoms with E-state index in [9.17, 15) is 4.79 Å². The number of aromatic nitrogens is 3. The third kappa shape index (κ3) is 1.30. The van der Waals surface area contributed by atoms with Gasteiger partial charge in [0, 0.05) is 7.05 Å². The summed E-state index contributed by atoms with van der Waals surface area (Å²) in [5.41, 5.74) is 0.649. The lowest BCUT2D eigenvalue weighted by Gasteiger charge is -1.99. The van der Waals surface area contributed by atoms with Gasteiger partial charge in [-0.05, 0) is 6.07 Å². The maximum atomic E-state index is 10.9. The zero-order valence-corrected chi connectivity index (χ0v) is 8.26. The third-order valence-corrected chi connectivity index (χ3v) is 2.23. The first kappa shape index (κ1) is 9.45. The summed E-state index contributed by atoms with van der Waals surface area (Å²) in [7, 11) is 3.13. The Balaban J connectivity index is 2.81. The number of hydrogen-bond acceptors (Lipinski definition) is 4. The smallest absolute Gasteiger partial charge is 0.352 e. The normalized spacial score (nSPS) is 10.5. The van der Waals surface area contributed by atoms with Gasteiger partial charge in [0.2, 0.25) is 0 Å². The highest BCUT2D eigenvalue weighted by atomic mass is 16.5. The maximum absolute atomic E-state index is 10.9. The lowest BCUT2D eigenvalue weighted by Crippen LogP contribution is -2.04. The van der Waals surface area contributed by atoms with E-state index in [-0.39, 0.29) is 5.69 Å². The number of rotatable bonds is 2. The number of carboxylic acids is 1. The molecule has 0 aliphatic rings. The molecule has 0 saturated heterocycles. The van der Waals surface area contributed by atoms with Crippen molar-refractivity contribution >= 4 is 17.0 Å². The Morgan fingerprint density at radius 2 is 2.33 bits per heavy atom. The highest BCUT2D eigenvalue weighted by molar-refractivity contribution is 5.95. The molecule has 78 valence electrons. The van der Waals surface area contributed by atoms with Gasteiger partial charge in [0.05, 0.1) is 18.7 Å². The van der Waals surface area contributed by atoms with Crippen LogP contribution in [0.2, 0.25) is 0 Å². The third-order valence-electron chi connectivity index (χ3n) is 2.23.